The van der Waals surface area contributed by atoms with Crippen LogP contribution < -0.4 is 4.74 Å². The van der Waals surface area contributed by atoms with Crippen LogP contribution in [0, 0.1) is 34.7 Å². The molecule has 1 atom stereocenters. The molecule has 7 heteroatoms. The second-order valence-corrected chi connectivity index (χ2v) is 7.89. The summed E-state index contributed by atoms with van der Waals surface area (Å²) in [5, 5.41) is 9.02. The number of halogens is 3. The van der Waals surface area contributed by atoms with Crippen molar-refractivity contribution in [1.29, 1.82) is 5.26 Å². The summed E-state index contributed by atoms with van der Waals surface area (Å²) in [4.78, 5) is 12.2. The lowest BCUT2D eigenvalue weighted by Gasteiger charge is -2.15. The van der Waals surface area contributed by atoms with Gasteiger partial charge in [-0.2, -0.15) is 5.26 Å². The Bertz CT molecular complexity index is 970. The first kappa shape index (κ1) is 25.3. The lowest BCUT2D eigenvalue weighted by atomic mass is 10.0. The first-order valence-electron chi connectivity index (χ1n) is 10.8. The third-order valence-electron chi connectivity index (χ3n) is 5.02. The van der Waals surface area contributed by atoms with Gasteiger partial charge in [-0.3, -0.25) is 0 Å². The summed E-state index contributed by atoms with van der Waals surface area (Å²) in [5.74, 6) is -4.77. The Balaban J connectivity index is 2.14. The number of hydrogen-bond acceptors (Lipinski definition) is 4. The number of benzene rings is 2. The minimum atomic E-state index is -1.46. The van der Waals surface area contributed by atoms with Gasteiger partial charge in [0.15, 0.2) is 17.7 Å². The van der Waals surface area contributed by atoms with Gasteiger partial charge in [0.1, 0.15) is 17.6 Å². The molecule has 1 unspecified atom stereocenters. The van der Waals surface area contributed by atoms with Crippen LogP contribution in [-0.2, 0) is 4.74 Å². The predicted molar refractivity (Wildman–Crippen MR) is 116 cm³/mol. The highest BCUT2D eigenvalue weighted by Gasteiger charge is 2.25. The molecule has 2 rings (SSSR count). The summed E-state index contributed by atoms with van der Waals surface area (Å²) in [5.41, 5.74) is -1.15. The Morgan fingerprint density at radius 1 is 1.00 bits per heavy atom. The van der Waals surface area contributed by atoms with Crippen molar-refractivity contribution in [1.82, 2.24) is 0 Å². The van der Waals surface area contributed by atoms with Gasteiger partial charge in [-0.15, -0.1) is 0 Å². The number of ether oxygens (including phenoxy) is 2. The molecule has 32 heavy (non-hydrogen) atoms. The van der Waals surface area contributed by atoms with Crippen LogP contribution in [0.5, 0.6) is 5.75 Å². The maximum atomic E-state index is 14.7. The van der Waals surface area contributed by atoms with E-state index in [1.54, 1.807) is 19.9 Å². The van der Waals surface area contributed by atoms with Crippen LogP contribution in [0.15, 0.2) is 30.3 Å². The molecule has 0 amide bonds. The molecular formula is C25H28F3NO3. The van der Waals surface area contributed by atoms with Gasteiger partial charge in [0, 0.05) is 23.1 Å². The number of hydrogen-bond donors (Lipinski definition) is 0. The molecule has 0 heterocycles. The van der Waals surface area contributed by atoms with Crippen LogP contribution in [0.2, 0.25) is 0 Å². The average molecular weight is 447 g/mol. The van der Waals surface area contributed by atoms with E-state index in [-0.39, 0.29) is 17.0 Å². The normalized spacial score (nSPS) is 11.8. The average Bonchev–Trinajstić information content (AvgIpc) is 2.76. The summed E-state index contributed by atoms with van der Waals surface area (Å²) in [6, 6.07) is 7.84. The van der Waals surface area contributed by atoms with Gasteiger partial charge in [-0.05, 0) is 24.6 Å². The Morgan fingerprint density at radius 3 is 2.31 bits per heavy atom. The van der Waals surface area contributed by atoms with Gasteiger partial charge in [0.2, 0.25) is 0 Å². The van der Waals surface area contributed by atoms with Gasteiger partial charge in [0.25, 0.3) is 0 Å². The third kappa shape index (κ3) is 6.49. The quantitative estimate of drug-likeness (QED) is 0.280. The summed E-state index contributed by atoms with van der Waals surface area (Å²) in [6.07, 6.45) is 4.21. The molecule has 0 N–H and O–H groups in total. The Labute approximate surface area is 187 Å². The van der Waals surface area contributed by atoms with E-state index >= 15 is 0 Å². The molecule has 0 aliphatic heterocycles. The van der Waals surface area contributed by atoms with Crippen molar-refractivity contribution in [3.05, 3.63) is 53.3 Å². The van der Waals surface area contributed by atoms with Crippen molar-refractivity contribution in [3.8, 4) is 22.9 Å². The summed E-state index contributed by atoms with van der Waals surface area (Å²) >= 11 is 0. The molecular weight excluding hydrogens is 419 g/mol. The van der Waals surface area contributed by atoms with E-state index < -0.39 is 35.1 Å². The van der Waals surface area contributed by atoms with Crippen LogP contribution in [0.4, 0.5) is 13.2 Å². The molecule has 2 aromatic carbocycles. The zero-order valence-electron chi connectivity index (χ0n) is 18.6. The molecule has 0 spiro atoms. The topological polar surface area (TPSA) is 59.3 Å². The smallest absolute Gasteiger partial charge is 0.342 e. The summed E-state index contributed by atoms with van der Waals surface area (Å²) in [6.45, 7) is 5.89. The maximum absolute atomic E-state index is 14.7. The zero-order chi connectivity index (χ0) is 23.7. The van der Waals surface area contributed by atoms with E-state index in [1.807, 2.05) is 0 Å². The van der Waals surface area contributed by atoms with Crippen LogP contribution in [0.1, 0.15) is 63.2 Å². The van der Waals surface area contributed by atoms with Crippen LogP contribution in [-0.4, -0.2) is 18.7 Å². The molecule has 0 bridgehead atoms. The van der Waals surface area contributed by atoms with Gasteiger partial charge in [-0.25, -0.2) is 18.0 Å². The van der Waals surface area contributed by atoms with Crippen molar-refractivity contribution >= 4 is 5.97 Å². The van der Waals surface area contributed by atoms with Crippen LogP contribution in [0.3, 0.4) is 0 Å². The predicted octanol–water partition coefficient (Wildman–Crippen LogP) is 6.83. The van der Waals surface area contributed by atoms with E-state index in [9.17, 15) is 18.0 Å². The number of unbranched alkanes of at least 4 members (excludes halogenated alkanes) is 4. The lowest BCUT2D eigenvalue weighted by molar-refractivity contribution is 0.0319. The van der Waals surface area contributed by atoms with Crippen molar-refractivity contribution < 1.29 is 27.4 Å². The second kappa shape index (κ2) is 12.1. The SMILES string of the molecule is CCCCCCCOc1ccc(-c2ccc(C(=O)OC(C#N)C(C)C)c(F)c2F)c(F)c1. The fourth-order valence-electron chi connectivity index (χ4n) is 3.11. The van der Waals surface area contributed by atoms with Gasteiger partial charge < -0.3 is 9.47 Å². The Morgan fingerprint density at radius 2 is 1.69 bits per heavy atom. The first-order chi connectivity index (χ1) is 15.3. The zero-order valence-corrected chi connectivity index (χ0v) is 18.6. The number of carbonyl (C=O) groups excluding carboxylic acids is 1. The lowest BCUT2D eigenvalue weighted by Crippen LogP contribution is -2.22. The molecule has 0 aromatic heterocycles. The van der Waals surface area contributed by atoms with Crippen LogP contribution in [0.25, 0.3) is 11.1 Å². The van der Waals surface area contributed by atoms with Crippen molar-refractivity contribution in [2.45, 2.75) is 59.0 Å². The van der Waals surface area contributed by atoms with Crippen molar-refractivity contribution in [2.75, 3.05) is 6.61 Å². The standard InChI is InChI=1S/C25H28F3NO3/c1-4-5-6-7-8-13-31-17-9-10-18(21(26)14-17)19-11-12-20(24(28)23(19)27)25(30)32-22(15-29)16(2)3/h9-12,14,16,22H,4-8,13H2,1-3H3. The second-order valence-electron chi connectivity index (χ2n) is 7.89. The van der Waals surface area contributed by atoms with Crippen molar-refractivity contribution in [3.63, 3.8) is 0 Å². The number of esters is 1. The van der Waals surface area contributed by atoms with Gasteiger partial charge in [0.05, 0.1) is 12.2 Å². The molecule has 4 nitrogen and oxygen atoms in total. The summed E-state index contributed by atoms with van der Waals surface area (Å²) < 4.78 is 54.3. The molecule has 0 aliphatic carbocycles. The first-order valence-corrected chi connectivity index (χ1v) is 10.8. The highest BCUT2D eigenvalue weighted by atomic mass is 19.2. The number of carbonyl (C=O) groups is 1. The number of nitrogens with zero attached hydrogens (tertiary/aromatic N) is 1. The maximum Gasteiger partial charge on any atom is 0.342 e. The molecule has 2 aromatic rings. The van der Waals surface area contributed by atoms with Crippen molar-refractivity contribution in [2.24, 2.45) is 5.92 Å². The minimum absolute atomic E-state index is 0.159. The monoisotopic (exact) mass is 447 g/mol. The number of rotatable bonds is 11. The fraction of sp³-hybridized carbons (Fsp3) is 0.440. The highest BCUT2D eigenvalue weighted by Crippen LogP contribution is 2.31. The molecule has 0 saturated carbocycles. The molecule has 0 aliphatic rings. The van der Waals surface area contributed by atoms with Gasteiger partial charge >= 0.3 is 5.97 Å². The Hall–Kier alpha value is -3.01. The largest absolute Gasteiger partial charge is 0.493 e. The summed E-state index contributed by atoms with van der Waals surface area (Å²) in [7, 11) is 0. The minimum Gasteiger partial charge on any atom is -0.493 e. The van der Waals surface area contributed by atoms with E-state index in [4.69, 9.17) is 14.7 Å². The third-order valence-corrected chi connectivity index (χ3v) is 5.02. The van der Waals surface area contributed by atoms with E-state index in [2.05, 4.69) is 6.92 Å². The molecule has 0 saturated heterocycles. The highest BCUT2D eigenvalue weighted by molar-refractivity contribution is 5.90. The fourth-order valence-corrected chi connectivity index (χ4v) is 3.11. The molecule has 172 valence electrons. The van der Waals surface area contributed by atoms with Crippen LogP contribution >= 0.6 is 0 Å². The van der Waals surface area contributed by atoms with E-state index in [0.29, 0.717) is 12.4 Å². The van der Waals surface area contributed by atoms with Gasteiger partial charge in [-0.1, -0.05) is 52.5 Å². The van der Waals surface area contributed by atoms with E-state index in [1.165, 1.54) is 18.6 Å². The molecule has 0 fully saturated rings. The number of nitriles is 1. The Kier molecular flexibility index (Phi) is 9.58. The molecule has 0 radical (unpaired) electrons. The van der Waals surface area contributed by atoms with E-state index in [0.717, 1.165) is 43.9 Å².